The van der Waals surface area contributed by atoms with Crippen LogP contribution in [-0.4, -0.2) is 13.3 Å². The molecule has 1 nitrogen and oxygen atoms in total. The first kappa shape index (κ1) is 6.95. The summed E-state index contributed by atoms with van der Waals surface area (Å²) in [5, 5.41) is 0. The van der Waals surface area contributed by atoms with Crippen molar-refractivity contribution in [2.24, 2.45) is 0 Å². The predicted molar refractivity (Wildman–Crippen MR) is 33.6 cm³/mol. The zero-order valence-corrected chi connectivity index (χ0v) is 5.40. The van der Waals surface area contributed by atoms with Gasteiger partial charge in [-0.25, -0.2) is 0 Å². The quantitative estimate of drug-likeness (QED) is 0.306. The second kappa shape index (κ2) is 5.95. The van der Waals surface area contributed by atoms with Crippen LogP contribution in [0.4, 0.5) is 0 Å². The van der Waals surface area contributed by atoms with E-state index in [1.54, 1.807) is 7.11 Å². The lowest BCUT2D eigenvalue weighted by atomic mass is 10.5. The van der Waals surface area contributed by atoms with E-state index in [-0.39, 0.29) is 0 Å². The van der Waals surface area contributed by atoms with Gasteiger partial charge in [0, 0.05) is 28.5 Å². The van der Waals surface area contributed by atoms with E-state index in [1.165, 1.54) is 0 Å². The van der Waals surface area contributed by atoms with Crippen molar-refractivity contribution in [3.05, 3.63) is 0 Å². The Balaban J connectivity index is 2.60. The highest BCUT2D eigenvalue weighted by Gasteiger charge is 1.77. The molecule has 0 N–H and O–H groups in total. The Bertz CT molecular complexity index is 65.0. The van der Waals surface area contributed by atoms with Crippen molar-refractivity contribution in [2.45, 2.75) is 6.42 Å². The van der Waals surface area contributed by atoms with E-state index in [1.807, 2.05) is 0 Å². The third kappa shape index (κ3) is 5.95. The largest absolute Gasteiger partial charge is 0.366 e. The highest BCUT2D eigenvalue weighted by Crippen LogP contribution is 2.08. The Labute approximate surface area is 46.3 Å². The highest BCUT2D eigenvalue weighted by molar-refractivity contribution is 7.32. The second-order valence-corrected chi connectivity index (χ2v) is 2.25. The van der Waals surface area contributed by atoms with E-state index in [0.717, 1.165) is 12.6 Å². The van der Waals surface area contributed by atoms with E-state index in [4.69, 9.17) is 10.9 Å². The standard InChI is InChI=1S/C5H9OP/c1-3-4-5-7-6-2/h1,7H,4-5H2,2H3. The molecule has 0 aliphatic carbocycles. The average Bonchev–Trinajstić information content (AvgIpc) is 1.69. The molecule has 40 valence electrons. The molecule has 0 aromatic carbocycles. The number of hydrogen-bond donors (Lipinski definition) is 0. The highest BCUT2D eigenvalue weighted by atomic mass is 31.1. The number of rotatable bonds is 3. The summed E-state index contributed by atoms with van der Waals surface area (Å²) in [6, 6.07) is 0. The molecule has 0 spiro atoms. The normalized spacial score (nSPS) is 9.71. The molecule has 1 atom stereocenters. The molecular weight excluding hydrogens is 107 g/mol. The minimum atomic E-state index is 0.579. The Kier molecular flexibility index (Phi) is 5.91. The lowest BCUT2D eigenvalue weighted by Gasteiger charge is -1.89. The molecule has 0 aromatic heterocycles. The van der Waals surface area contributed by atoms with Gasteiger partial charge in [0.15, 0.2) is 0 Å². The minimum absolute atomic E-state index is 0.579. The molecule has 0 saturated heterocycles. The van der Waals surface area contributed by atoms with Crippen LogP contribution >= 0.6 is 8.81 Å². The first-order chi connectivity index (χ1) is 3.41. The summed E-state index contributed by atoms with van der Waals surface area (Å²) in [4.78, 5) is 0. The summed E-state index contributed by atoms with van der Waals surface area (Å²) in [5.41, 5.74) is 0. The monoisotopic (exact) mass is 116 g/mol. The SMILES string of the molecule is C#CCCPOC. The van der Waals surface area contributed by atoms with Crippen LogP contribution in [0.5, 0.6) is 0 Å². The van der Waals surface area contributed by atoms with Gasteiger partial charge >= 0.3 is 0 Å². The van der Waals surface area contributed by atoms with E-state index in [9.17, 15) is 0 Å². The first-order valence-corrected chi connectivity index (χ1v) is 3.22. The molecule has 0 rings (SSSR count). The van der Waals surface area contributed by atoms with E-state index in [0.29, 0.717) is 8.81 Å². The molecule has 0 saturated carbocycles. The van der Waals surface area contributed by atoms with Gasteiger partial charge in [-0.1, -0.05) is 0 Å². The molecule has 0 aromatic rings. The van der Waals surface area contributed by atoms with Crippen molar-refractivity contribution in [3.63, 3.8) is 0 Å². The van der Waals surface area contributed by atoms with Crippen molar-refractivity contribution < 1.29 is 4.52 Å². The zero-order valence-electron chi connectivity index (χ0n) is 4.40. The number of terminal acetylenes is 1. The molecule has 2 heteroatoms. The van der Waals surface area contributed by atoms with Gasteiger partial charge in [-0.15, -0.1) is 12.3 Å². The molecule has 1 unspecified atom stereocenters. The van der Waals surface area contributed by atoms with E-state index < -0.39 is 0 Å². The van der Waals surface area contributed by atoms with Gasteiger partial charge in [0.25, 0.3) is 0 Å². The van der Waals surface area contributed by atoms with Crippen molar-refractivity contribution in [1.82, 2.24) is 0 Å². The van der Waals surface area contributed by atoms with Gasteiger partial charge in [-0.05, 0) is 0 Å². The summed E-state index contributed by atoms with van der Waals surface area (Å²) < 4.78 is 4.78. The topological polar surface area (TPSA) is 9.23 Å². The van der Waals surface area contributed by atoms with E-state index >= 15 is 0 Å². The molecule has 0 fully saturated rings. The summed E-state index contributed by atoms with van der Waals surface area (Å²) in [5.74, 6) is 2.53. The molecular formula is C5H9OP. The van der Waals surface area contributed by atoms with Gasteiger partial charge in [0.05, 0.1) is 0 Å². The van der Waals surface area contributed by atoms with Gasteiger partial charge in [0.2, 0.25) is 0 Å². The summed E-state index contributed by atoms with van der Waals surface area (Å²) in [6.45, 7) is 0. The average molecular weight is 116 g/mol. The molecule has 0 aliphatic rings. The second-order valence-electron chi connectivity index (χ2n) is 1.05. The fourth-order valence-electron chi connectivity index (χ4n) is 0.225. The molecule has 0 heterocycles. The predicted octanol–water partition coefficient (Wildman–Crippen LogP) is 1.25. The Morgan fingerprint density at radius 1 is 1.86 bits per heavy atom. The van der Waals surface area contributed by atoms with Crippen molar-refractivity contribution in [3.8, 4) is 12.3 Å². The van der Waals surface area contributed by atoms with Crippen LogP contribution in [0.2, 0.25) is 0 Å². The van der Waals surface area contributed by atoms with Crippen LogP contribution in [0, 0.1) is 12.3 Å². The Morgan fingerprint density at radius 2 is 2.57 bits per heavy atom. The maximum absolute atomic E-state index is 4.97. The maximum atomic E-state index is 4.97. The van der Waals surface area contributed by atoms with Crippen LogP contribution in [0.25, 0.3) is 0 Å². The van der Waals surface area contributed by atoms with Crippen LogP contribution in [0.3, 0.4) is 0 Å². The molecule has 0 amide bonds. The molecule has 0 bridgehead atoms. The van der Waals surface area contributed by atoms with Crippen LogP contribution in [0.15, 0.2) is 0 Å². The van der Waals surface area contributed by atoms with Crippen LogP contribution < -0.4 is 0 Å². The van der Waals surface area contributed by atoms with Crippen molar-refractivity contribution >= 4 is 8.81 Å². The summed E-state index contributed by atoms with van der Waals surface area (Å²) >= 11 is 0. The Hall–Kier alpha value is -0.0500. The Morgan fingerprint density at radius 3 is 3.00 bits per heavy atom. The third-order valence-corrected chi connectivity index (χ3v) is 1.26. The fourth-order valence-corrected chi connectivity index (χ4v) is 0.676. The smallest absolute Gasteiger partial charge is 0.0394 e. The van der Waals surface area contributed by atoms with E-state index in [2.05, 4.69) is 5.92 Å². The minimum Gasteiger partial charge on any atom is -0.366 e. The van der Waals surface area contributed by atoms with Gasteiger partial charge in [0.1, 0.15) is 0 Å². The molecule has 7 heavy (non-hydrogen) atoms. The van der Waals surface area contributed by atoms with Crippen molar-refractivity contribution in [1.29, 1.82) is 0 Å². The van der Waals surface area contributed by atoms with Crippen molar-refractivity contribution in [2.75, 3.05) is 13.3 Å². The lowest BCUT2D eigenvalue weighted by Crippen LogP contribution is -1.70. The third-order valence-electron chi connectivity index (χ3n) is 0.516. The maximum Gasteiger partial charge on any atom is 0.0394 e. The first-order valence-electron chi connectivity index (χ1n) is 2.11. The van der Waals surface area contributed by atoms with Gasteiger partial charge in [-0.2, -0.15) is 0 Å². The fraction of sp³-hybridized carbons (Fsp3) is 0.600. The lowest BCUT2D eigenvalue weighted by molar-refractivity contribution is 0.475. The molecule has 0 radical (unpaired) electrons. The summed E-state index contributed by atoms with van der Waals surface area (Å²) in [7, 11) is 2.27. The van der Waals surface area contributed by atoms with Gasteiger partial charge in [-0.3, -0.25) is 0 Å². The number of hydrogen-bond acceptors (Lipinski definition) is 1. The van der Waals surface area contributed by atoms with Crippen LogP contribution in [0.1, 0.15) is 6.42 Å². The zero-order chi connectivity index (χ0) is 5.54. The summed E-state index contributed by atoms with van der Waals surface area (Å²) in [6.07, 6.45) is 6.81. The van der Waals surface area contributed by atoms with Crippen LogP contribution in [-0.2, 0) is 4.52 Å². The molecule has 0 aliphatic heterocycles. The van der Waals surface area contributed by atoms with Gasteiger partial charge < -0.3 is 4.52 Å².